The highest BCUT2D eigenvalue weighted by Crippen LogP contribution is 2.35. The Morgan fingerprint density at radius 3 is 1.95 bits per heavy atom. The Labute approximate surface area is 111 Å². The highest BCUT2D eigenvalue weighted by molar-refractivity contribution is 5.49. The van der Waals surface area contributed by atoms with Crippen molar-refractivity contribution >= 4 is 0 Å². The minimum Gasteiger partial charge on any atom is -0.457 e. The van der Waals surface area contributed by atoms with Gasteiger partial charge in [0.05, 0.1) is 0 Å². The monoisotopic (exact) mass is 250 g/mol. The van der Waals surface area contributed by atoms with Gasteiger partial charge in [-0.1, -0.05) is 36.4 Å². The zero-order valence-electron chi connectivity index (χ0n) is 10.4. The fraction of sp³-hybridized carbons (Fsp3) is 0.0625. The zero-order chi connectivity index (χ0) is 12.9. The fourth-order valence-corrected chi connectivity index (χ4v) is 2.04. The summed E-state index contributed by atoms with van der Waals surface area (Å²) in [6.45, 7) is 0. The van der Waals surface area contributed by atoms with E-state index in [0.717, 1.165) is 17.9 Å². The Balaban J connectivity index is 0.000000187. The Bertz CT molecular complexity index is 543. The molecule has 2 heterocycles. The number of nitrogens with one attached hydrogen (secondary N) is 1. The van der Waals surface area contributed by atoms with E-state index in [1.165, 1.54) is 11.1 Å². The average Bonchev–Trinajstić information content (AvgIpc) is 3.04. The number of aromatic amines is 1. The molecule has 4 rings (SSSR count). The molecule has 2 aromatic carbocycles. The van der Waals surface area contributed by atoms with Crippen molar-refractivity contribution in [3.05, 3.63) is 78.1 Å². The van der Waals surface area contributed by atoms with Gasteiger partial charge in [-0.3, -0.25) is 5.10 Å². The molecule has 94 valence electrons. The summed E-state index contributed by atoms with van der Waals surface area (Å²) in [6.07, 6.45) is 4.44. The van der Waals surface area contributed by atoms with Crippen molar-refractivity contribution in [3.8, 4) is 11.5 Å². The van der Waals surface area contributed by atoms with E-state index in [-0.39, 0.29) is 0 Å². The molecule has 0 saturated heterocycles. The molecule has 3 heteroatoms. The third-order valence-electron chi connectivity index (χ3n) is 2.95. The summed E-state index contributed by atoms with van der Waals surface area (Å²) in [7, 11) is 0. The van der Waals surface area contributed by atoms with Gasteiger partial charge in [-0.05, 0) is 29.3 Å². The molecule has 0 saturated carbocycles. The van der Waals surface area contributed by atoms with E-state index in [1.54, 1.807) is 12.4 Å². The molecule has 0 spiro atoms. The maximum atomic E-state index is 5.78. The fourth-order valence-electron chi connectivity index (χ4n) is 2.04. The van der Waals surface area contributed by atoms with E-state index in [0.29, 0.717) is 0 Å². The lowest BCUT2D eigenvalue weighted by atomic mass is 10.0. The van der Waals surface area contributed by atoms with Crippen LogP contribution in [0.2, 0.25) is 0 Å². The predicted molar refractivity (Wildman–Crippen MR) is 74.4 cm³/mol. The summed E-state index contributed by atoms with van der Waals surface area (Å²) in [5, 5.41) is 6.21. The Kier molecular flexibility index (Phi) is 3.28. The van der Waals surface area contributed by atoms with Crippen LogP contribution in [-0.2, 0) is 6.42 Å². The van der Waals surface area contributed by atoms with Crippen LogP contribution in [0.4, 0.5) is 0 Å². The van der Waals surface area contributed by atoms with Crippen molar-refractivity contribution in [1.29, 1.82) is 0 Å². The van der Waals surface area contributed by atoms with Crippen LogP contribution in [0.25, 0.3) is 0 Å². The lowest BCUT2D eigenvalue weighted by molar-refractivity contribution is 0.460. The molecule has 0 fully saturated rings. The first kappa shape index (κ1) is 11.5. The molecule has 1 aromatic heterocycles. The largest absolute Gasteiger partial charge is 0.457 e. The third kappa shape index (κ3) is 2.65. The maximum Gasteiger partial charge on any atom is 0.130 e. The third-order valence-corrected chi connectivity index (χ3v) is 2.95. The van der Waals surface area contributed by atoms with Crippen LogP contribution in [-0.4, -0.2) is 10.2 Å². The van der Waals surface area contributed by atoms with Gasteiger partial charge in [0.1, 0.15) is 11.5 Å². The van der Waals surface area contributed by atoms with E-state index in [9.17, 15) is 0 Å². The Hall–Kier alpha value is -2.55. The van der Waals surface area contributed by atoms with E-state index in [4.69, 9.17) is 4.74 Å². The highest BCUT2D eigenvalue weighted by Gasteiger charge is 2.14. The van der Waals surface area contributed by atoms with Gasteiger partial charge in [0.25, 0.3) is 0 Å². The van der Waals surface area contributed by atoms with Gasteiger partial charge < -0.3 is 4.74 Å². The van der Waals surface area contributed by atoms with Crippen LogP contribution in [0.5, 0.6) is 11.5 Å². The number of nitrogens with zero attached hydrogens (tertiary/aromatic N) is 1. The minimum absolute atomic E-state index is 0.979. The van der Waals surface area contributed by atoms with E-state index >= 15 is 0 Å². The van der Waals surface area contributed by atoms with Gasteiger partial charge in [0.15, 0.2) is 0 Å². The summed E-state index contributed by atoms with van der Waals surface area (Å²) < 4.78 is 5.78. The predicted octanol–water partition coefficient (Wildman–Crippen LogP) is 3.79. The molecule has 3 aromatic rings. The number of rotatable bonds is 0. The Morgan fingerprint density at radius 1 is 0.842 bits per heavy atom. The first-order chi connectivity index (χ1) is 9.43. The van der Waals surface area contributed by atoms with Crippen LogP contribution in [0.15, 0.2) is 67.0 Å². The number of aromatic nitrogens is 2. The Morgan fingerprint density at radius 2 is 1.47 bits per heavy atom. The van der Waals surface area contributed by atoms with E-state index < -0.39 is 0 Å². The van der Waals surface area contributed by atoms with Crippen molar-refractivity contribution in [2.45, 2.75) is 6.42 Å². The average molecular weight is 250 g/mol. The summed E-state index contributed by atoms with van der Waals surface area (Å²) in [5.41, 5.74) is 2.54. The number of ether oxygens (including phenoxy) is 1. The molecule has 19 heavy (non-hydrogen) atoms. The number of benzene rings is 2. The summed E-state index contributed by atoms with van der Waals surface area (Å²) >= 11 is 0. The molecule has 1 aliphatic heterocycles. The number of H-pyrrole nitrogens is 1. The topological polar surface area (TPSA) is 37.9 Å². The quantitative estimate of drug-likeness (QED) is 0.515. The van der Waals surface area contributed by atoms with Crippen molar-refractivity contribution in [2.75, 3.05) is 0 Å². The number of para-hydroxylation sites is 2. The molecule has 3 nitrogen and oxygen atoms in total. The molecule has 0 radical (unpaired) electrons. The lowest BCUT2D eigenvalue weighted by Crippen LogP contribution is -2.01. The van der Waals surface area contributed by atoms with Crippen molar-refractivity contribution in [1.82, 2.24) is 10.2 Å². The molecule has 1 aliphatic rings. The standard InChI is InChI=1S/C13H10O.C3H4N2/c1-3-7-12-10(5-1)9-11-6-2-4-8-13(11)14-12;1-2-4-5-3-1/h1-8H,9H2;1-3H,(H,4,5). The first-order valence-corrected chi connectivity index (χ1v) is 6.21. The summed E-state index contributed by atoms with van der Waals surface area (Å²) in [5.74, 6) is 1.98. The van der Waals surface area contributed by atoms with Crippen LogP contribution in [0, 0.1) is 0 Å². The summed E-state index contributed by atoms with van der Waals surface area (Å²) in [6, 6.07) is 18.2. The molecular formula is C16H14N2O. The van der Waals surface area contributed by atoms with Crippen molar-refractivity contribution < 1.29 is 4.74 Å². The second-order valence-corrected chi connectivity index (χ2v) is 4.26. The normalized spacial score (nSPS) is 11.4. The van der Waals surface area contributed by atoms with E-state index in [1.807, 2.05) is 30.3 Å². The van der Waals surface area contributed by atoms with Gasteiger partial charge in [0.2, 0.25) is 0 Å². The van der Waals surface area contributed by atoms with Gasteiger partial charge in [0, 0.05) is 18.8 Å². The van der Waals surface area contributed by atoms with Gasteiger partial charge in [-0.15, -0.1) is 0 Å². The number of fused-ring (bicyclic) bond motifs is 2. The second kappa shape index (κ2) is 5.40. The molecule has 0 aliphatic carbocycles. The number of hydrogen-bond donors (Lipinski definition) is 1. The van der Waals surface area contributed by atoms with Gasteiger partial charge in [-0.2, -0.15) is 5.10 Å². The van der Waals surface area contributed by atoms with Crippen molar-refractivity contribution in [3.63, 3.8) is 0 Å². The molecule has 0 unspecified atom stereocenters. The molecule has 0 atom stereocenters. The van der Waals surface area contributed by atoms with Crippen LogP contribution >= 0.6 is 0 Å². The molecule has 0 bridgehead atoms. The van der Waals surface area contributed by atoms with Crippen molar-refractivity contribution in [2.24, 2.45) is 0 Å². The SMILES string of the molecule is c1ccc2c(c1)Cc1ccccc1O2.c1cn[nH]c1. The lowest BCUT2D eigenvalue weighted by Gasteiger charge is -2.19. The van der Waals surface area contributed by atoms with E-state index in [2.05, 4.69) is 34.5 Å². The van der Waals surface area contributed by atoms with Crippen LogP contribution in [0.3, 0.4) is 0 Å². The smallest absolute Gasteiger partial charge is 0.130 e. The van der Waals surface area contributed by atoms with Crippen LogP contribution < -0.4 is 4.74 Å². The first-order valence-electron chi connectivity index (χ1n) is 6.21. The van der Waals surface area contributed by atoms with Gasteiger partial charge >= 0.3 is 0 Å². The van der Waals surface area contributed by atoms with Gasteiger partial charge in [-0.25, -0.2) is 0 Å². The number of hydrogen-bond acceptors (Lipinski definition) is 2. The maximum absolute atomic E-state index is 5.78. The summed E-state index contributed by atoms with van der Waals surface area (Å²) in [4.78, 5) is 0. The second-order valence-electron chi connectivity index (χ2n) is 4.26. The molecule has 0 amide bonds. The highest BCUT2D eigenvalue weighted by atomic mass is 16.5. The minimum atomic E-state index is 0.979. The molecule has 1 N–H and O–H groups in total. The zero-order valence-corrected chi connectivity index (χ0v) is 10.4. The van der Waals surface area contributed by atoms with Crippen LogP contribution in [0.1, 0.15) is 11.1 Å². The molecular weight excluding hydrogens is 236 g/mol.